The van der Waals surface area contributed by atoms with Crippen molar-refractivity contribution in [2.75, 3.05) is 45.2 Å². The maximum absolute atomic E-state index is 13.5. The highest BCUT2D eigenvalue weighted by atomic mass is 32.2. The quantitative estimate of drug-likeness (QED) is 0.541. The Morgan fingerprint density at radius 2 is 1.74 bits per heavy atom. The van der Waals surface area contributed by atoms with Crippen LogP contribution >= 0.6 is 0 Å². The van der Waals surface area contributed by atoms with Crippen LogP contribution in [0.5, 0.6) is 17.2 Å². The molecule has 0 spiro atoms. The van der Waals surface area contributed by atoms with Crippen LogP contribution in [0.15, 0.2) is 41.3 Å². The number of methoxy groups -OCH3 is 2. The van der Waals surface area contributed by atoms with Gasteiger partial charge in [0.05, 0.1) is 43.1 Å². The molecule has 0 aromatic heterocycles. The van der Waals surface area contributed by atoms with E-state index in [1.807, 2.05) is 13.8 Å². The van der Waals surface area contributed by atoms with Crippen molar-refractivity contribution in [3.63, 3.8) is 0 Å². The molecule has 9 nitrogen and oxygen atoms in total. The SMILES string of the molecule is CCOc1ccc(S(=O)(=O)Nc2cc(OC)c(OC)cc2C(=O)N2CCCC(OCC)C2)cc1. The Kier molecular flexibility index (Phi) is 8.62. The van der Waals surface area contributed by atoms with E-state index in [1.54, 1.807) is 17.0 Å². The molecule has 1 fully saturated rings. The van der Waals surface area contributed by atoms with Crippen LogP contribution in [0.4, 0.5) is 5.69 Å². The van der Waals surface area contributed by atoms with Gasteiger partial charge in [-0.25, -0.2) is 8.42 Å². The Balaban J connectivity index is 1.96. The summed E-state index contributed by atoms with van der Waals surface area (Å²) in [5.74, 6) is 0.884. The van der Waals surface area contributed by atoms with Gasteiger partial charge in [0.25, 0.3) is 15.9 Å². The molecule has 186 valence electrons. The first-order valence-electron chi connectivity index (χ1n) is 11.3. The molecule has 1 N–H and O–H groups in total. The van der Waals surface area contributed by atoms with Crippen molar-refractivity contribution >= 4 is 21.6 Å². The van der Waals surface area contributed by atoms with Crippen LogP contribution in [0.25, 0.3) is 0 Å². The summed E-state index contributed by atoms with van der Waals surface area (Å²) in [4.78, 5) is 15.2. The third-order valence-corrected chi connectivity index (χ3v) is 6.89. The summed E-state index contributed by atoms with van der Waals surface area (Å²) >= 11 is 0. The molecule has 2 aromatic rings. The number of hydrogen-bond donors (Lipinski definition) is 1. The summed E-state index contributed by atoms with van der Waals surface area (Å²) in [7, 11) is -1.09. The van der Waals surface area contributed by atoms with Crippen molar-refractivity contribution in [1.82, 2.24) is 4.90 Å². The fourth-order valence-corrected chi connectivity index (χ4v) is 4.96. The lowest BCUT2D eigenvalue weighted by molar-refractivity contribution is 0.00727. The normalized spacial score (nSPS) is 16.1. The highest BCUT2D eigenvalue weighted by molar-refractivity contribution is 7.92. The summed E-state index contributed by atoms with van der Waals surface area (Å²) in [6.45, 7) is 5.80. The van der Waals surface area contributed by atoms with Crippen molar-refractivity contribution < 1.29 is 32.2 Å². The third kappa shape index (κ3) is 5.92. The predicted molar refractivity (Wildman–Crippen MR) is 129 cm³/mol. The largest absolute Gasteiger partial charge is 0.494 e. The van der Waals surface area contributed by atoms with Gasteiger partial charge in [-0.3, -0.25) is 9.52 Å². The van der Waals surface area contributed by atoms with E-state index in [9.17, 15) is 13.2 Å². The van der Waals surface area contributed by atoms with E-state index >= 15 is 0 Å². The van der Waals surface area contributed by atoms with Crippen LogP contribution in [-0.4, -0.2) is 65.9 Å². The summed E-state index contributed by atoms with van der Waals surface area (Å²) in [5, 5.41) is 0. The van der Waals surface area contributed by atoms with Crippen LogP contribution < -0.4 is 18.9 Å². The average molecular weight is 493 g/mol. The van der Waals surface area contributed by atoms with Gasteiger partial charge >= 0.3 is 0 Å². The molecule has 0 aliphatic carbocycles. The zero-order valence-electron chi connectivity index (χ0n) is 20.0. The van der Waals surface area contributed by atoms with E-state index in [1.165, 1.54) is 38.5 Å². The minimum Gasteiger partial charge on any atom is -0.494 e. The Bertz CT molecular complexity index is 1090. The molecule has 0 saturated carbocycles. The van der Waals surface area contributed by atoms with Crippen LogP contribution in [0.1, 0.15) is 37.0 Å². The smallest absolute Gasteiger partial charge is 0.261 e. The molecule has 34 heavy (non-hydrogen) atoms. The van der Waals surface area contributed by atoms with E-state index in [0.717, 1.165) is 12.8 Å². The number of likely N-dealkylation sites (tertiary alicyclic amines) is 1. The zero-order chi connectivity index (χ0) is 24.7. The highest BCUT2D eigenvalue weighted by Crippen LogP contribution is 2.35. The second kappa shape index (κ2) is 11.4. The fraction of sp³-hybridized carbons (Fsp3) is 0.458. The van der Waals surface area contributed by atoms with Crippen molar-refractivity contribution in [2.45, 2.75) is 37.7 Å². The molecule has 2 aromatic carbocycles. The monoisotopic (exact) mass is 492 g/mol. The molecular formula is C24H32N2O7S. The van der Waals surface area contributed by atoms with Gasteiger partial charge < -0.3 is 23.8 Å². The number of rotatable bonds is 10. The lowest BCUT2D eigenvalue weighted by Gasteiger charge is -2.33. The van der Waals surface area contributed by atoms with Gasteiger partial charge in [-0.15, -0.1) is 0 Å². The number of carbonyl (C=O) groups is 1. The van der Waals surface area contributed by atoms with E-state index in [-0.39, 0.29) is 28.2 Å². The van der Waals surface area contributed by atoms with E-state index in [0.29, 0.717) is 43.6 Å². The number of carbonyl (C=O) groups excluding carboxylic acids is 1. The first-order valence-corrected chi connectivity index (χ1v) is 12.7. The Labute approximate surface area is 201 Å². The Morgan fingerprint density at radius 3 is 2.35 bits per heavy atom. The Hall–Kier alpha value is -2.98. The average Bonchev–Trinajstić information content (AvgIpc) is 2.84. The number of nitrogens with zero attached hydrogens (tertiary/aromatic N) is 1. The van der Waals surface area contributed by atoms with E-state index in [4.69, 9.17) is 18.9 Å². The predicted octanol–water partition coefficient (Wildman–Crippen LogP) is 3.54. The number of hydrogen-bond acceptors (Lipinski definition) is 7. The molecule has 0 bridgehead atoms. The standard InChI is InChI=1S/C24H32N2O7S/c1-5-32-17-9-11-19(12-10-17)34(28,29)25-21-15-23(31-4)22(30-3)14-20(21)24(27)26-13-7-8-18(16-26)33-6-2/h9-12,14-15,18,25H,5-8,13,16H2,1-4H3. The number of anilines is 1. The van der Waals surface area contributed by atoms with Crippen molar-refractivity contribution in [3.8, 4) is 17.2 Å². The minimum absolute atomic E-state index is 0.0403. The molecule has 1 heterocycles. The lowest BCUT2D eigenvalue weighted by atomic mass is 10.1. The molecule has 1 aliphatic rings. The molecule has 3 rings (SSSR count). The highest BCUT2D eigenvalue weighted by Gasteiger charge is 2.29. The zero-order valence-corrected chi connectivity index (χ0v) is 20.8. The number of amides is 1. The molecule has 1 amide bonds. The second-order valence-electron chi connectivity index (χ2n) is 7.73. The second-order valence-corrected chi connectivity index (χ2v) is 9.42. The van der Waals surface area contributed by atoms with Crippen molar-refractivity contribution in [3.05, 3.63) is 42.0 Å². The lowest BCUT2D eigenvalue weighted by Crippen LogP contribution is -2.43. The van der Waals surface area contributed by atoms with Crippen molar-refractivity contribution in [2.24, 2.45) is 0 Å². The van der Waals surface area contributed by atoms with Gasteiger partial charge in [0.2, 0.25) is 0 Å². The molecule has 0 radical (unpaired) electrons. The molecule has 1 unspecified atom stereocenters. The topological polar surface area (TPSA) is 103 Å². The number of sulfonamides is 1. The molecule has 10 heteroatoms. The van der Waals surface area contributed by atoms with Gasteiger partial charge in [0.1, 0.15) is 5.75 Å². The number of piperidine rings is 1. The maximum Gasteiger partial charge on any atom is 0.261 e. The number of ether oxygens (including phenoxy) is 4. The molecule has 1 aliphatic heterocycles. The maximum atomic E-state index is 13.5. The first-order chi connectivity index (χ1) is 16.3. The first kappa shape index (κ1) is 25.6. The van der Waals surface area contributed by atoms with Crippen LogP contribution in [0.3, 0.4) is 0 Å². The van der Waals surface area contributed by atoms with Crippen LogP contribution in [0, 0.1) is 0 Å². The fourth-order valence-electron chi connectivity index (χ4n) is 3.89. The summed E-state index contributed by atoms with van der Waals surface area (Å²) in [5.41, 5.74) is 0.277. The summed E-state index contributed by atoms with van der Waals surface area (Å²) < 4.78 is 50.7. The molecule has 1 atom stereocenters. The van der Waals surface area contributed by atoms with Crippen molar-refractivity contribution in [1.29, 1.82) is 0 Å². The molecule has 1 saturated heterocycles. The van der Waals surface area contributed by atoms with Gasteiger partial charge in [-0.1, -0.05) is 0 Å². The van der Waals surface area contributed by atoms with Crippen LogP contribution in [0.2, 0.25) is 0 Å². The number of nitrogens with one attached hydrogen (secondary N) is 1. The minimum atomic E-state index is -3.99. The summed E-state index contributed by atoms with van der Waals surface area (Å²) in [6, 6.07) is 9.03. The van der Waals surface area contributed by atoms with E-state index in [2.05, 4.69) is 4.72 Å². The summed E-state index contributed by atoms with van der Waals surface area (Å²) in [6.07, 6.45) is 1.63. The van der Waals surface area contributed by atoms with Gasteiger partial charge in [-0.2, -0.15) is 0 Å². The third-order valence-electron chi connectivity index (χ3n) is 5.51. The molecular weight excluding hydrogens is 460 g/mol. The van der Waals surface area contributed by atoms with Crippen LogP contribution in [-0.2, 0) is 14.8 Å². The van der Waals surface area contributed by atoms with Gasteiger partial charge in [0.15, 0.2) is 11.5 Å². The van der Waals surface area contributed by atoms with Gasteiger partial charge in [-0.05, 0) is 57.0 Å². The Morgan fingerprint density at radius 1 is 1.06 bits per heavy atom. The van der Waals surface area contributed by atoms with Gasteiger partial charge in [0, 0.05) is 25.8 Å². The van der Waals surface area contributed by atoms with E-state index < -0.39 is 10.0 Å². The number of benzene rings is 2.